The van der Waals surface area contributed by atoms with E-state index in [1.54, 1.807) is 12.1 Å². The molecule has 140 valence electrons. The molecule has 1 aliphatic rings. The Morgan fingerprint density at radius 3 is 2.46 bits per heavy atom. The van der Waals surface area contributed by atoms with Gasteiger partial charge in [-0.05, 0) is 50.3 Å². The van der Waals surface area contributed by atoms with Crippen molar-refractivity contribution < 1.29 is 8.42 Å². The van der Waals surface area contributed by atoms with Crippen LogP contribution in [0.4, 0.5) is 11.8 Å². The highest BCUT2D eigenvalue weighted by atomic mass is 32.2. The molecule has 0 bridgehead atoms. The van der Waals surface area contributed by atoms with E-state index in [2.05, 4.69) is 20.2 Å². The van der Waals surface area contributed by atoms with E-state index in [1.807, 2.05) is 13.0 Å². The van der Waals surface area contributed by atoms with Crippen molar-refractivity contribution in [2.45, 2.75) is 37.5 Å². The summed E-state index contributed by atoms with van der Waals surface area (Å²) < 4.78 is 22.6. The first-order valence-electron chi connectivity index (χ1n) is 8.88. The molecular formula is C18H25N5O2S. The highest BCUT2D eigenvalue weighted by Gasteiger charge is 2.13. The van der Waals surface area contributed by atoms with E-state index < -0.39 is 10.0 Å². The molecule has 0 spiro atoms. The van der Waals surface area contributed by atoms with Crippen LogP contribution in [0.5, 0.6) is 0 Å². The Bertz CT molecular complexity index is 846. The fourth-order valence-corrected chi connectivity index (χ4v) is 3.60. The molecule has 2 heterocycles. The molecule has 1 saturated heterocycles. The van der Waals surface area contributed by atoms with Crippen molar-refractivity contribution in [3.05, 3.63) is 41.6 Å². The van der Waals surface area contributed by atoms with Gasteiger partial charge in [-0.3, -0.25) is 0 Å². The largest absolute Gasteiger partial charge is 0.356 e. The fourth-order valence-electron chi connectivity index (χ4n) is 3.08. The van der Waals surface area contributed by atoms with E-state index >= 15 is 0 Å². The minimum absolute atomic E-state index is 0.127. The highest BCUT2D eigenvalue weighted by molar-refractivity contribution is 7.89. The number of anilines is 2. The lowest BCUT2D eigenvalue weighted by Crippen LogP contribution is -2.30. The minimum Gasteiger partial charge on any atom is -0.356 e. The first-order chi connectivity index (χ1) is 12.4. The molecule has 1 aromatic heterocycles. The van der Waals surface area contributed by atoms with Crippen LogP contribution in [0.15, 0.2) is 35.2 Å². The quantitative estimate of drug-likeness (QED) is 0.802. The second-order valence-electron chi connectivity index (χ2n) is 6.60. The maximum atomic E-state index is 11.3. The smallest absolute Gasteiger partial charge is 0.238 e. The van der Waals surface area contributed by atoms with Crippen LogP contribution in [0, 0.1) is 6.92 Å². The Morgan fingerprint density at radius 1 is 1.12 bits per heavy atom. The normalized spacial score (nSPS) is 15.1. The van der Waals surface area contributed by atoms with Gasteiger partial charge in [0.05, 0.1) is 4.90 Å². The summed E-state index contributed by atoms with van der Waals surface area (Å²) in [6.45, 7) is 4.74. The van der Waals surface area contributed by atoms with Crippen LogP contribution in [0.1, 0.15) is 30.5 Å². The van der Waals surface area contributed by atoms with Crippen molar-refractivity contribution >= 4 is 21.8 Å². The number of nitrogens with one attached hydrogen (secondary N) is 1. The van der Waals surface area contributed by atoms with Gasteiger partial charge < -0.3 is 10.2 Å². The van der Waals surface area contributed by atoms with Crippen molar-refractivity contribution in [1.29, 1.82) is 0 Å². The number of piperidine rings is 1. The molecule has 0 aliphatic carbocycles. The molecule has 0 radical (unpaired) electrons. The third-order valence-electron chi connectivity index (χ3n) is 4.47. The van der Waals surface area contributed by atoms with Crippen LogP contribution in [-0.4, -0.2) is 38.0 Å². The van der Waals surface area contributed by atoms with Gasteiger partial charge in [0.2, 0.25) is 16.0 Å². The molecule has 2 aromatic rings. The maximum absolute atomic E-state index is 11.3. The predicted molar refractivity (Wildman–Crippen MR) is 103 cm³/mol. The Labute approximate surface area is 154 Å². The number of primary sulfonamides is 1. The van der Waals surface area contributed by atoms with Crippen LogP contribution < -0.4 is 15.4 Å². The maximum Gasteiger partial charge on any atom is 0.238 e. The van der Waals surface area contributed by atoms with Gasteiger partial charge in [0.1, 0.15) is 5.82 Å². The second kappa shape index (κ2) is 8.01. The Balaban J connectivity index is 1.60. The monoisotopic (exact) mass is 375 g/mol. The summed E-state index contributed by atoms with van der Waals surface area (Å²) in [6.07, 6.45) is 4.44. The number of aromatic nitrogens is 2. The third-order valence-corrected chi connectivity index (χ3v) is 5.40. The topological polar surface area (TPSA) is 101 Å². The predicted octanol–water partition coefficient (Wildman–Crippen LogP) is 2.08. The Morgan fingerprint density at radius 2 is 1.81 bits per heavy atom. The zero-order valence-electron chi connectivity index (χ0n) is 15.0. The van der Waals surface area contributed by atoms with Crippen LogP contribution in [0.25, 0.3) is 0 Å². The van der Waals surface area contributed by atoms with Gasteiger partial charge in [-0.1, -0.05) is 12.1 Å². The van der Waals surface area contributed by atoms with Gasteiger partial charge in [-0.2, -0.15) is 4.98 Å². The minimum atomic E-state index is -3.64. The summed E-state index contributed by atoms with van der Waals surface area (Å²) in [6, 6.07) is 8.64. The van der Waals surface area contributed by atoms with Crippen molar-refractivity contribution in [3.63, 3.8) is 0 Å². The summed E-state index contributed by atoms with van der Waals surface area (Å²) in [4.78, 5) is 11.5. The zero-order valence-corrected chi connectivity index (χ0v) is 15.8. The lowest BCUT2D eigenvalue weighted by atomic mass is 10.1. The summed E-state index contributed by atoms with van der Waals surface area (Å²) >= 11 is 0. The van der Waals surface area contributed by atoms with Gasteiger partial charge in [-0.15, -0.1) is 0 Å². The number of rotatable bonds is 6. The van der Waals surface area contributed by atoms with E-state index in [0.717, 1.165) is 36.6 Å². The van der Waals surface area contributed by atoms with E-state index in [9.17, 15) is 8.42 Å². The standard InChI is InChI=1S/C18H25N5O2S/c1-14-13-17(23-11-3-2-4-12-23)22-18(21-14)20-10-9-15-5-7-16(8-6-15)26(19,24)25/h5-8,13H,2-4,9-12H2,1H3,(H2,19,24,25)(H,20,21,22). The van der Waals surface area contributed by atoms with Crippen LogP contribution >= 0.6 is 0 Å². The fraction of sp³-hybridized carbons (Fsp3) is 0.444. The number of nitrogens with two attached hydrogens (primary N) is 1. The number of nitrogens with zero attached hydrogens (tertiary/aromatic N) is 3. The first kappa shape index (κ1) is 18.6. The number of hydrogen-bond acceptors (Lipinski definition) is 6. The van der Waals surface area contributed by atoms with Gasteiger partial charge >= 0.3 is 0 Å². The van der Waals surface area contributed by atoms with E-state index in [1.165, 1.54) is 31.4 Å². The lowest BCUT2D eigenvalue weighted by molar-refractivity contribution is 0.573. The SMILES string of the molecule is Cc1cc(N2CCCCC2)nc(NCCc2ccc(S(N)(=O)=O)cc2)n1. The molecule has 1 aliphatic heterocycles. The van der Waals surface area contributed by atoms with Crippen LogP contribution in [0.2, 0.25) is 0 Å². The molecular weight excluding hydrogens is 350 g/mol. The van der Waals surface area contributed by atoms with E-state index in [0.29, 0.717) is 12.5 Å². The number of sulfonamides is 1. The van der Waals surface area contributed by atoms with Gasteiger partial charge in [0.25, 0.3) is 0 Å². The summed E-state index contributed by atoms with van der Waals surface area (Å²) in [5.41, 5.74) is 1.97. The van der Waals surface area contributed by atoms with Crippen molar-refractivity contribution in [3.8, 4) is 0 Å². The molecule has 0 unspecified atom stereocenters. The average Bonchev–Trinajstić information content (AvgIpc) is 2.62. The van der Waals surface area contributed by atoms with Gasteiger partial charge in [-0.25, -0.2) is 18.5 Å². The summed E-state index contributed by atoms with van der Waals surface area (Å²) in [7, 11) is -3.64. The molecule has 0 atom stereocenters. The summed E-state index contributed by atoms with van der Waals surface area (Å²) in [5, 5.41) is 8.38. The average molecular weight is 375 g/mol. The molecule has 0 amide bonds. The number of aryl methyl sites for hydroxylation is 1. The molecule has 7 nitrogen and oxygen atoms in total. The van der Waals surface area contributed by atoms with E-state index in [-0.39, 0.29) is 4.90 Å². The molecule has 3 rings (SSSR count). The molecule has 1 aromatic carbocycles. The van der Waals surface area contributed by atoms with Crippen molar-refractivity contribution in [2.75, 3.05) is 29.9 Å². The summed E-state index contributed by atoms with van der Waals surface area (Å²) in [5.74, 6) is 1.61. The zero-order chi connectivity index (χ0) is 18.6. The lowest BCUT2D eigenvalue weighted by Gasteiger charge is -2.28. The molecule has 26 heavy (non-hydrogen) atoms. The number of benzene rings is 1. The number of hydrogen-bond donors (Lipinski definition) is 2. The Kier molecular flexibility index (Phi) is 5.73. The first-order valence-corrected chi connectivity index (χ1v) is 10.4. The highest BCUT2D eigenvalue weighted by Crippen LogP contribution is 2.19. The van der Waals surface area contributed by atoms with Gasteiger partial charge in [0, 0.05) is 31.4 Å². The second-order valence-corrected chi connectivity index (χ2v) is 8.17. The van der Waals surface area contributed by atoms with Gasteiger partial charge in [0.15, 0.2) is 0 Å². The third kappa shape index (κ3) is 4.92. The molecule has 3 N–H and O–H groups in total. The molecule has 0 saturated carbocycles. The van der Waals surface area contributed by atoms with Crippen LogP contribution in [-0.2, 0) is 16.4 Å². The van der Waals surface area contributed by atoms with Crippen molar-refractivity contribution in [1.82, 2.24) is 9.97 Å². The molecule has 1 fully saturated rings. The van der Waals surface area contributed by atoms with Crippen molar-refractivity contribution in [2.24, 2.45) is 5.14 Å². The Hall–Kier alpha value is -2.19. The molecule has 8 heteroatoms. The van der Waals surface area contributed by atoms with Crippen LogP contribution in [0.3, 0.4) is 0 Å². The van der Waals surface area contributed by atoms with E-state index in [4.69, 9.17) is 5.14 Å².